The van der Waals surface area contributed by atoms with Crippen molar-refractivity contribution in [3.8, 4) is 11.5 Å². The molecule has 0 atom stereocenters. The van der Waals surface area contributed by atoms with Gasteiger partial charge in [0.2, 0.25) is 17.7 Å². The molecular weight excluding hydrogens is 476 g/mol. The van der Waals surface area contributed by atoms with Crippen LogP contribution >= 0.6 is 0 Å². The molecule has 5 rings (SSSR count). The molecule has 0 aliphatic carbocycles. The Morgan fingerprint density at radius 2 is 1.73 bits per heavy atom. The number of likely N-dealkylation sites (tertiary alicyclic amines) is 2. The van der Waals surface area contributed by atoms with Gasteiger partial charge in [0, 0.05) is 43.5 Å². The van der Waals surface area contributed by atoms with Crippen LogP contribution in [-0.4, -0.2) is 82.5 Å². The molecule has 4 heterocycles. The molecule has 0 radical (unpaired) electrons. The number of carbonyl (C=O) groups is 4. The summed E-state index contributed by atoms with van der Waals surface area (Å²) < 4.78 is 11.7. The second-order valence-corrected chi connectivity index (χ2v) is 11.4. The van der Waals surface area contributed by atoms with Crippen LogP contribution in [0.5, 0.6) is 11.5 Å². The third-order valence-electron chi connectivity index (χ3n) is 7.83. The highest BCUT2D eigenvalue weighted by Gasteiger charge is 2.48. The lowest BCUT2D eigenvalue weighted by molar-refractivity contribution is -0.147. The monoisotopic (exact) mass is 510 g/mol. The van der Waals surface area contributed by atoms with Crippen LogP contribution in [0.25, 0.3) is 0 Å². The van der Waals surface area contributed by atoms with E-state index in [1.54, 1.807) is 17.0 Å². The molecule has 10 nitrogen and oxygen atoms in total. The lowest BCUT2D eigenvalue weighted by atomic mass is 9.80. The van der Waals surface area contributed by atoms with E-state index in [0.29, 0.717) is 49.6 Å². The number of methoxy groups -OCH3 is 1. The molecule has 2 fully saturated rings. The van der Waals surface area contributed by atoms with E-state index in [2.05, 4.69) is 0 Å². The van der Waals surface area contributed by atoms with Crippen molar-refractivity contribution in [3.63, 3.8) is 0 Å². The predicted octanol–water partition coefficient (Wildman–Crippen LogP) is 2.12. The maximum Gasteiger partial charge on any atom is 0.254 e. The van der Waals surface area contributed by atoms with E-state index in [1.165, 1.54) is 0 Å². The van der Waals surface area contributed by atoms with Gasteiger partial charge in [0.25, 0.3) is 5.91 Å². The van der Waals surface area contributed by atoms with Gasteiger partial charge in [-0.15, -0.1) is 0 Å². The van der Waals surface area contributed by atoms with Gasteiger partial charge in [-0.1, -0.05) is 0 Å². The third-order valence-corrected chi connectivity index (χ3v) is 7.83. The Morgan fingerprint density at radius 1 is 1.08 bits per heavy atom. The number of rotatable bonds is 5. The fourth-order valence-corrected chi connectivity index (χ4v) is 5.71. The molecule has 10 heteroatoms. The zero-order valence-corrected chi connectivity index (χ0v) is 22.1. The number of benzene rings is 1. The average molecular weight is 511 g/mol. The standard InChI is InChI=1S/C27H34N4O6/c1-26(2)14-18-17(6-7-19(36-5)23(18)37-26)24-27(3,4)25(35)31(28-24)16-10-12-29(13-11-16)22(34)15-30-20(32)8-9-21(30)33/h6-7,16H,8-15H2,1-5H3. The topological polar surface area (TPSA) is 109 Å². The van der Waals surface area contributed by atoms with Crippen LogP contribution in [-0.2, 0) is 25.6 Å². The van der Waals surface area contributed by atoms with Crippen molar-refractivity contribution in [1.29, 1.82) is 0 Å². The van der Waals surface area contributed by atoms with Crippen LogP contribution in [0.3, 0.4) is 0 Å². The SMILES string of the molecule is COc1ccc(C2=NN(C3CCN(C(=O)CN4C(=O)CCC4=O)CC3)C(=O)C2(C)C)c2c1OC(C)(C)C2. The first-order valence-electron chi connectivity index (χ1n) is 12.9. The van der Waals surface area contributed by atoms with E-state index in [9.17, 15) is 19.2 Å². The molecule has 198 valence electrons. The first-order chi connectivity index (χ1) is 17.4. The number of imide groups is 1. The molecule has 0 aromatic heterocycles. The first kappa shape index (κ1) is 25.2. The quantitative estimate of drug-likeness (QED) is 0.562. The summed E-state index contributed by atoms with van der Waals surface area (Å²) in [4.78, 5) is 52.8. The summed E-state index contributed by atoms with van der Waals surface area (Å²) in [5.74, 6) is 0.478. The van der Waals surface area contributed by atoms with Gasteiger partial charge >= 0.3 is 0 Å². The first-order valence-corrected chi connectivity index (χ1v) is 12.9. The van der Waals surface area contributed by atoms with Crippen molar-refractivity contribution in [2.24, 2.45) is 10.5 Å². The maximum atomic E-state index is 13.6. The van der Waals surface area contributed by atoms with Crippen molar-refractivity contribution in [3.05, 3.63) is 23.3 Å². The summed E-state index contributed by atoms with van der Waals surface area (Å²) in [6, 6.07) is 3.69. The van der Waals surface area contributed by atoms with Gasteiger partial charge in [-0.3, -0.25) is 24.1 Å². The minimum atomic E-state index is -0.821. The molecule has 1 aromatic carbocycles. The summed E-state index contributed by atoms with van der Waals surface area (Å²) in [6.07, 6.45) is 2.16. The highest BCUT2D eigenvalue weighted by molar-refractivity contribution is 6.20. The van der Waals surface area contributed by atoms with Gasteiger partial charge in [-0.2, -0.15) is 5.10 Å². The normalized spacial score (nSPS) is 22.9. The molecule has 4 aliphatic rings. The Hall–Kier alpha value is -3.43. The van der Waals surface area contributed by atoms with E-state index in [4.69, 9.17) is 14.6 Å². The van der Waals surface area contributed by atoms with Crippen LogP contribution in [0.2, 0.25) is 0 Å². The van der Waals surface area contributed by atoms with E-state index >= 15 is 0 Å². The number of amides is 4. The minimum absolute atomic E-state index is 0.0664. The molecule has 1 aromatic rings. The molecule has 37 heavy (non-hydrogen) atoms. The molecule has 4 aliphatic heterocycles. The molecule has 0 N–H and O–H groups in total. The number of fused-ring (bicyclic) bond motifs is 1. The van der Waals surface area contributed by atoms with Gasteiger partial charge in [0.05, 0.1) is 24.3 Å². The van der Waals surface area contributed by atoms with Crippen molar-refractivity contribution in [2.75, 3.05) is 26.7 Å². The number of hydrogen-bond donors (Lipinski definition) is 0. The van der Waals surface area contributed by atoms with Crippen molar-refractivity contribution >= 4 is 29.3 Å². The van der Waals surface area contributed by atoms with E-state index in [0.717, 1.165) is 16.0 Å². The van der Waals surface area contributed by atoms with Gasteiger partial charge in [0.15, 0.2) is 11.5 Å². The van der Waals surface area contributed by atoms with Crippen LogP contribution in [0.15, 0.2) is 17.2 Å². The number of hydrogen-bond acceptors (Lipinski definition) is 7. The van der Waals surface area contributed by atoms with Crippen LogP contribution in [0.4, 0.5) is 0 Å². The van der Waals surface area contributed by atoms with Crippen molar-refractivity contribution in [1.82, 2.24) is 14.8 Å². The number of carbonyl (C=O) groups excluding carboxylic acids is 4. The number of ether oxygens (including phenoxy) is 2. The largest absolute Gasteiger partial charge is 0.493 e. The van der Waals surface area contributed by atoms with Gasteiger partial charge in [0.1, 0.15) is 12.1 Å². The van der Waals surface area contributed by atoms with Gasteiger partial charge in [-0.25, -0.2) is 5.01 Å². The summed E-state index contributed by atoms with van der Waals surface area (Å²) in [5, 5.41) is 6.47. The second-order valence-electron chi connectivity index (χ2n) is 11.4. The van der Waals surface area contributed by atoms with Gasteiger partial charge < -0.3 is 14.4 Å². The number of piperidine rings is 1. The second kappa shape index (κ2) is 8.85. The number of nitrogens with zero attached hydrogens (tertiary/aromatic N) is 4. The van der Waals surface area contributed by atoms with Crippen LogP contribution in [0, 0.1) is 5.41 Å². The Morgan fingerprint density at radius 3 is 2.35 bits per heavy atom. The van der Waals surface area contributed by atoms with Crippen LogP contribution < -0.4 is 9.47 Å². The summed E-state index contributed by atoms with van der Waals surface area (Å²) in [6.45, 7) is 8.52. The molecule has 4 amide bonds. The molecule has 0 saturated carbocycles. The van der Waals surface area contributed by atoms with E-state index in [1.807, 2.05) is 39.8 Å². The third kappa shape index (κ3) is 4.26. The summed E-state index contributed by atoms with van der Waals surface area (Å²) in [5.41, 5.74) is 1.40. The predicted molar refractivity (Wildman–Crippen MR) is 134 cm³/mol. The average Bonchev–Trinajstić information content (AvgIpc) is 3.44. The van der Waals surface area contributed by atoms with Crippen molar-refractivity contribution < 1.29 is 28.7 Å². The Kier molecular flexibility index (Phi) is 6.03. The van der Waals surface area contributed by atoms with E-state index in [-0.39, 0.29) is 54.7 Å². The van der Waals surface area contributed by atoms with Gasteiger partial charge in [-0.05, 0) is 52.7 Å². The fourth-order valence-electron chi connectivity index (χ4n) is 5.71. The molecule has 2 saturated heterocycles. The highest BCUT2D eigenvalue weighted by Crippen LogP contribution is 2.46. The summed E-state index contributed by atoms with van der Waals surface area (Å²) in [7, 11) is 1.62. The minimum Gasteiger partial charge on any atom is -0.493 e. The Bertz CT molecular complexity index is 1200. The van der Waals surface area contributed by atoms with Crippen molar-refractivity contribution in [2.45, 2.75) is 71.4 Å². The van der Waals surface area contributed by atoms with E-state index < -0.39 is 5.41 Å². The lowest BCUT2D eigenvalue weighted by Gasteiger charge is -2.36. The molecule has 0 unspecified atom stereocenters. The Balaban J connectivity index is 1.33. The highest BCUT2D eigenvalue weighted by atomic mass is 16.5. The molecular formula is C27H34N4O6. The molecule has 0 spiro atoms. The Labute approximate surface area is 216 Å². The molecule has 0 bridgehead atoms. The summed E-state index contributed by atoms with van der Waals surface area (Å²) >= 11 is 0. The number of hydrazone groups is 1. The lowest BCUT2D eigenvalue weighted by Crippen LogP contribution is -2.50. The zero-order valence-electron chi connectivity index (χ0n) is 22.1. The maximum absolute atomic E-state index is 13.6. The smallest absolute Gasteiger partial charge is 0.254 e. The zero-order chi connectivity index (χ0) is 26.7. The van der Waals surface area contributed by atoms with Crippen LogP contribution in [0.1, 0.15) is 64.5 Å². The fraction of sp³-hybridized carbons (Fsp3) is 0.593.